The highest BCUT2D eigenvalue weighted by molar-refractivity contribution is 14.1. The average molecular weight is 464 g/mol. The number of rotatable bonds is 8. The third-order valence-corrected chi connectivity index (χ3v) is 4.90. The maximum absolute atomic E-state index is 11.1. The van der Waals surface area contributed by atoms with Crippen LogP contribution in [-0.4, -0.2) is 11.6 Å². The van der Waals surface area contributed by atoms with Gasteiger partial charge in [0.2, 0.25) is 0 Å². The Kier molecular flexibility index (Phi) is 11.1. The van der Waals surface area contributed by atoms with Crippen molar-refractivity contribution >= 4 is 34.2 Å². The predicted octanol–water partition coefficient (Wildman–Crippen LogP) is 6.90. The summed E-state index contributed by atoms with van der Waals surface area (Å²) < 4.78 is 1.16. The minimum absolute atomic E-state index is 0.122. The van der Waals surface area contributed by atoms with Gasteiger partial charge in [0.15, 0.2) is 11.6 Å². The summed E-state index contributed by atoms with van der Waals surface area (Å²) in [5, 5.41) is 0. The number of Topliss-reactive ketones (excluding diaryl/α,β-unsaturated/α-hetero) is 2. The van der Waals surface area contributed by atoms with Gasteiger partial charge in [-0.15, -0.1) is 0 Å². The molecule has 0 bridgehead atoms. The molecule has 2 nitrogen and oxygen atoms in total. The van der Waals surface area contributed by atoms with Crippen LogP contribution in [0.1, 0.15) is 79.2 Å². The van der Waals surface area contributed by atoms with Crippen LogP contribution >= 0.6 is 22.6 Å². The number of carbonyl (C=O) groups is 2. The highest BCUT2D eigenvalue weighted by atomic mass is 127. The first-order valence-electron chi connectivity index (χ1n) is 9.30. The van der Waals surface area contributed by atoms with E-state index in [-0.39, 0.29) is 11.6 Å². The first-order chi connectivity index (χ1) is 12.4. The first-order valence-corrected chi connectivity index (χ1v) is 10.4. The van der Waals surface area contributed by atoms with Gasteiger partial charge >= 0.3 is 0 Å². The zero-order valence-corrected chi connectivity index (χ0v) is 18.2. The van der Waals surface area contributed by atoms with Gasteiger partial charge in [-0.05, 0) is 67.0 Å². The van der Waals surface area contributed by atoms with E-state index in [1.807, 2.05) is 36.4 Å². The lowest BCUT2D eigenvalue weighted by Crippen LogP contribution is -1.92. The van der Waals surface area contributed by atoms with Gasteiger partial charge in [-0.3, -0.25) is 9.59 Å². The molecule has 0 aliphatic carbocycles. The largest absolute Gasteiger partial charge is 0.295 e. The molecule has 0 radical (unpaired) electrons. The highest BCUT2D eigenvalue weighted by Gasteiger charge is 1.99. The Bertz CT molecular complexity index is 672. The van der Waals surface area contributed by atoms with Gasteiger partial charge in [0.05, 0.1) is 0 Å². The van der Waals surface area contributed by atoms with Crippen molar-refractivity contribution < 1.29 is 9.59 Å². The quantitative estimate of drug-likeness (QED) is 0.242. The van der Waals surface area contributed by atoms with Crippen LogP contribution in [0, 0.1) is 3.57 Å². The second-order valence-corrected chi connectivity index (χ2v) is 7.73. The Morgan fingerprint density at radius 3 is 1.65 bits per heavy atom. The summed E-state index contributed by atoms with van der Waals surface area (Å²) in [7, 11) is 0. The Balaban J connectivity index is 0.000000289. The Morgan fingerprint density at radius 2 is 1.19 bits per heavy atom. The predicted molar refractivity (Wildman–Crippen MR) is 118 cm³/mol. The molecule has 0 fully saturated rings. The molecule has 0 atom stereocenters. The van der Waals surface area contributed by atoms with Crippen molar-refractivity contribution in [2.45, 2.75) is 59.3 Å². The van der Waals surface area contributed by atoms with Crippen LogP contribution in [0.4, 0.5) is 0 Å². The van der Waals surface area contributed by atoms with Crippen molar-refractivity contribution in [3.8, 4) is 0 Å². The molecule has 0 N–H and O–H groups in total. The summed E-state index contributed by atoms with van der Waals surface area (Å²) in [6, 6.07) is 15.6. The van der Waals surface area contributed by atoms with E-state index in [2.05, 4.69) is 41.6 Å². The summed E-state index contributed by atoms with van der Waals surface area (Å²) in [5.74, 6) is 0.269. The fraction of sp³-hybridized carbons (Fsp3) is 0.391. The molecule has 0 saturated carbocycles. The minimum Gasteiger partial charge on any atom is -0.295 e. The second kappa shape index (κ2) is 12.8. The van der Waals surface area contributed by atoms with Crippen molar-refractivity contribution in [1.82, 2.24) is 0 Å². The molecule has 26 heavy (non-hydrogen) atoms. The van der Waals surface area contributed by atoms with Crippen molar-refractivity contribution in [1.29, 1.82) is 0 Å². The van der Waals surface area contributed by atoms with E-state index in [0.717, 1.165) is 21.1 Å². The fourth-order valence-electron chi connectivity index (χ4n) is 2.52. The number of hydrogen-bond acceptors (Lipinski definition) is 2. The lowest BCUT2D eigenvalue weighted by atomic mass is 10.0. The normalized spacial score (nSPS) is 10.0. The van der Waals surface area contributed by atoms with Gasteiger partial charge in [-0.2, -0.15) is 0 Å². The Labute approximate surface area is 171 Å². The molecule has 2 aromatic carbocycles. The molecular weight excluding hydrogens is 435 g/mol. The molecule has 2 rings (SSSR count). The molecule has 0 aliphatic rings. The Morgan fingerprint density at radius 1 is 0.731 bits per heavy atom. The SMILES string of the molecule is CC(=O)c1ccc(I)cc1.CCCCCCCc1ccc(C(C)=O)cc1. The molecule has 0 saturated heterocycles. The lowest BCUT2D eigenvalue weighted by Gasteiger charge is -2.02. The number of aryl methyl sites for hydroxylation is 1. The van der Waals surface area contributed by atoms with Crippen LogP contribution in [-0.2, 0) is 6.42 Å². The van der Waals surface area contributed by atoms with E-state index in [4.69, 9.17) is 0 Å². The van der Waals surface area contributed by atoms with E-state index in [1.54, 1.807) is 13.8 Å². The minimum atomic E-state index is 0.122. The van der Waals surface area contributed by atoms with Crippen LogP contribution in [0.15, 0.2) is 48.5 Å². The number of halogens is 1. The number of benzene rings is 2. The maximum Gasteiger partial charge on any atom is 0.159 e. The van der Waals surface area contributed by atoms with Gasteiger partial charge in [0.25, 0.3) is 0 Å². The average Bonchev–Trinajstić information content (AvgIpc) is 2.63. The number of carbonyl (C=O) groups excluding carboxylic acids is 2. The number of unbranched alkanes of at least 4 members (excludes halogenated alkanes) is 4. The molecule has 0 unspecified atom stereocenters. The molecule has 0 aliphatic heterocycles. The highest BCUT2D eigenvalue weighted by Crippen LogP contribution is 2.10. The molecule has 3 heteroatoms. The molecule has 0 heterocycles. The number of hydrogen-bond donors (Lipinski definition) is 0. The third-order valence-electron chi connectivity index (χ3n) is 4.18. The molecule has 0 aromatic heterocycles. The molecule has 2 aromatic rings. The topological polar surface area (TPSA) is 34.1 Å². The molecular formula is C23H29IO2. The maximum atomic E-state index is 11.1. The summed E-state index contributed by atoms with van der Waals surface area (Å²) in [6.07, 6.45) is 7.72. The van der Waals surface area contributed by atoms with Gasteiger partial charge in [0, 0.05) is 14.7 Å². The zero-order chi connectivity index (χ0) is 19.4. The van der Waals surface area contributed by atoms with Gasteiger partial charge in [-0.25, -0.2) is 0 Å². The van der Waals surface area contributed by atoms with Gasteiger partial charge < -0.3 is 0 Å². The van der Waals surface area contributed by atoms with Crippen LogP contribution in [0.3, 0.4) is 0 Å². The van der Waals surface area contributed by atoms with E-state index in [0.29, 0.717) is 0 Å². The fourth-order valence-corrected chi connectivity index (χ4v) is 2.88. The zero-order valence-electron chi connectivity index (χ0n) is 16.1. The summed E-state index contributed by atoms with van der Waals surface area (Å²) in [4.78, 5) is 21.8. The van der Waals surface area contributed by atoms with E-state index in [1.165, 1.54) is 37.7 Å². The monoisotopic (exact) mass is 464 g/mol. The van der Waals surface area contributed by atoms with E-state index >= 15 is 0 Å². The third kappa shape index (κ3) is 9.27. The van der Waals surface area contributed by atoms with Crippen molar-refractivity contribution in [2.24, 2.45) is 0 Å². The van der Waals surface area contributed by atoms with Crippen molar-refractivity contribution in [3.63, 3.8) is 0 Å². The van der Waals surface area contributed by atoms with Crippen molar-refractivity contribution in [2.75, 3.05) is 0 Å². The van der Waals surface area contributed by atoms with Crippen LogP contribution in [0.5, 0.6) is 0 Å². The molecule has 0 spiro atoms. The summed E-state index contributed by atoms with van der Waals surface area (Å²) in [6.45, 7) is 5.42. The Hall–Kier alpha value is -1.49. The standard InChI is InChI=1S/C15H22O.C8H7IO/c1-3-4-5-6-7-8-14-9-11-15(12-10-14)13(2)16;1-6(10)7-2-4-8(9)5-3-7/h9-12H,3-8H2,1-2H3;2-5H,1H3. The van der Waals surface area contributed by atoms with Crippen LogP contribution < -0.4 is 0 Å². The number of ketones is 2. The first kappa shape index (κ1) is 22.6. The van der Waals surface area contributed by atoms with Crippen LogP contribution in [0.2, 0.25) is 0 Å². The smallest absolute Gasteiger partial charge is 0.159 e. The summed E-state index contributed by atoms with van der Waals surface area (Å²) >= 11 is 2.21. The summed E-state index contributed by atoms with van der Waals surface area (Å²) in [5.41, 5.74) is 2.94. The van der Waals surface area contributed by atoms with Crippen molar-refractivity contribution in [3.05, 3.63) is 68.8 Å². The van der Waals surface area contributed by atoms with Crippen LogP contribution in [0.25, 0.3) is 0 Å². The molecule has 0 amide bonds. The van der Waals surface area contributed by atoms with E-state index in [9.17, 15) is 9.59 Å². The van der Waals surface area contributed by atoms with Gasteiger partial charge in [-0.1, -0.05) is 69.0 Å². The van der Waals surface area contributed by atoms with E-state index < -0.39 is 0 Å². The lowest BCUT2D eigenvalue weighted by molar-refractivity contribution is 0.100. The van der Waals surface area contributed by atoms with Gasteiger partial charge in [0.1, 0.15) is 0 Å². The second-order valence-electron chi connectivity index (χ2n) is 6.48. The molecule has 140 valence electrons.